The summed E-state index contributed by atoms with van der Waals surface area (Å²) in [5, 5.41) is 7.65. The highest BCUT2D eigenvalue weighted by Crippen LogP contribution is 2.18. The van der Waals surface area contributed by atoms with Crippen LogP contribution in [0.1, 0.15) is 18.9 Å². The third-order valence-corrected chi connectivity index (χ3v) is 3.26. The summed E-state index contributed by atoms with van der Waals surface area (Å²) in [5.74, 6) is 0.854. The molecule has 4 nitrogen and oxygen atoms in total. The van der Waals surface area contributed by atoms with Crippen LogP contribution < -0.4 is 5.32 Å². The van der Waals surface area contributed by atoms with Gasteiger partial charge in [0.25, 0.3) is 0 Å². The maximum atomic E-state index is 4.43. The first-order valence-corrected chi connectivity index (χ1v) is 7.35. The molecule has 0 unspecified atom stereocenters. The van der Waals surface area contributed by atoms with Crippen molar-refractivity contribution < 1.29 is 0 Å². The van der Waals surface area contributed by atoms with E-state index < -0.39 is 0 Å². The van der Waals surface area contributed by atoms with Gasteiger partial charge in [-0.25, -0.2) is 9.67 Å². The van der Waals surface area contributed by atoms with Crippen LogP contribution in [0.25, 0.3) is 5.82 Å². The van der Waals surface area contributed by atoms with Gasteiger partial charge in [0, 0.05) is 29.0 Å². The number of pyridine rings is 1. The summed E-state index contributed by atoms with van der Waals surface area (Å²) < 4.78 is 3.70. The zero-order chi connectivity index (χ0) is 13.0. The Balaban J connectivity index is 2.28. The predicted molar refractivity (Wildman–Crippen MR) is 78.8 cm³/mol. The van der Waals surface area contributed by atoms with Crippen LogP contribution in [-0.2, 0) is 6.54 Å². The van der Waals surface area contributed by atoms with E-state index in [9.17, 15) is 0 Å². The molecule has 96 valence electrons. The fourth-order valence-electron chi connectivity index (χ4n) is 1.63. The number of halogens is 2. The van der Waals surface area contributed by atoms with Crippen molar-refractivity contribution in [2.45, 2.75) is 19.9 Å². The van der Waals surface area contributed by atoms with Crippen LogP contribution in [-0.4, -0.2) is 21.3 Å². The summed E-state index contributed by atoms with van der Waals surface area (Å²) in [4.78, 5) is 4.43. The molecule has 0 amide bonds. The second-order valence-electron chi connectivity index (χ2n) is 3.92. The van der Waals surface area contributed by atoms with Crippen molar-refractivity contribution >= 4 is 31.9 Å². The first kappa shape index (κ1) is 13.7. The first-order valence-electron chi connectivity index (χ1n) is 5.76. The van der Waals surface area contributed by atoms with Gasteiger partial charge in [-0.1, -0.05) is 6.92 Å². The van der Waals surface area contributed by atoms with Crippen LogP contribution in [0.3, 0.4) is 0 Å². The number of nitrogens with one attached hydrogen (secondary N) is 1. The second-order valence-corrected chi connectivity index (χ2v) is 5.75. The first-order chi connectivity index (χ1) is 8.70. The molecule has 0 aliphatic rings. The molecule has 0 saturated carbocycles. The molecule has 0 radical (unpaired) electrons. The van der Waals surface area contributed by atoms with E-state index in [-0.39, 0.29) is 0 Å². The Hall–Kier alpha value is -0.720. The molecule has 6 heteroatoms. The van der Waals surface area contributed by atoms with E-state index in [1.807, 2.05) is 6.20 Å². The van der Waals surface area contributed by atoms with Crippen molar-refractivity contribution in [1.82, 2.24) is 20.1 Å². The van der Waals surface area contributed by atoms with E-state index >= 15 is 0 Å². The standard InChI is InChI=1S/C12H14Br2N4/c1-2-3-15-5-9-4-10(13)6-16-12(9)18-8-11(14)7-17-18/h4,6-8,15H,2-3,5H2,1H3. The minimum atomic E-state index is 0.785. The Morgan fingerprint density at radius 3 is 2.78 bits per heavy atom. The van der Waals surface area contributed by atoms with Gasteiger partial charge in [-0.15, -0.1) is 0 Å². The number of aromatic nitrogens is 3. The maximum Gasteiger partial charge on any atom is 0.157 e. The number of hydrogen-bond donors (Lipinski definition) is 1. The van der Waals surface area contributed by atoms with Crippen molar-refractivity contribution in [3.05, 3.63) is 39.2 Å². The van der Waals surface area contributed by atoms with Crippen LogP contribution in [0.5, 0.6) is 0 Å². The Kier molecular flexibility index (Phi) is 4.91. The molecular weight excluding hydrogens is 360 g/mol. The van der Waals surface area contributed by atoms with Crippen LogP contribution in [0.2, 0.25) is 0 Å². The molecule has 0 fully saturated rings. The van der Waals surface area contributed by atoms with E-state index in [0.29, 0.717) is 0 Å². The molecule has 2 rings (SSSR count). The minimum Gasteiger partial charge on any atom is -0.313 e. The van der Waals surface area contributed by atoms with E-state index in [1.54, 1.807) is 17.1 Å². The summed E-state index contributed by atoms with van der Waals surface area (Å²) in [5.41, 5.74) is 1.12. The summed E-state index contributed by atoms with van der Waals surface area (Å²) in [6.45, 7) is 3.93. The number of rotatable bonds is 5. The Labute approximate surface area is 123 Å². The predicted octanol–water partition coefficient (Wildman–Crippen LogP) is 3.29. The van der Waals surface area contributed by atoms with Gasteiger partial charge in [0.05, 0.1) is 10.7 Å². The van der Waals surface area contributed by atoms with Gasteiger partial charge in [0.2, 0.25) is 0 Å². The van der Waals surface area contributed by atoms with Gasteiger partial charge >= 0.3 is 0 Å². The average Bonchev–Trinajstić information content (AvgIpc) is 2.76. The Morgan fingerprint density at radius 2 is 2.11 bits per heavy atom. The van der Waals surface area contributed by atoms with E-state index in [1.165, 1.54) is 0 Å². The van der Waals surface area contributed by atoms with Crippen LogP contribution in [0.4, 0.5) is 0 Å². The molecule has 18 heavy (non-hydrogen) atoms. The topological polar surface area (TPSA) is 42.7 Å². The van der Waals surface area contributed by atoms with Crippen molar-refractivity contribution in [1.29, 1.82) is 0 Å². The molecule has 0 spiro atoms. The zero-order valence-electron chi connectivity index (χ0n) is 10.0. The number of nitrogens with zero attached hydrogens (tertiary/aromatic N) is 3. The van der Waals surface area contributed by atoms with E-state index in [0.717, 1.165) is 39.8 Å². The lowest BCUT2D eigenvalue weighted by Gasteiger charge is -2.09. The Bertz CT molecular complexity index is 525. The quantitative estimate of drug-likeness (QED) is 0.817. The molecule has 0 aliphatic heterocycles. The van der Waals surface area contributed by atoms with Crippen molar-refractivity contribution in [3.8, 4) is 5.82 Å². The third-order valence-electron chi connectivity index (χ3n) is 2.42. The molecular formula is C12H14Br2N4. The van der Waals surface area contributed by atoms with Gasteiger partial charge in [-0.3, -0.25) is 0 Å². The largest absolute Gasteiger partial charge is 0.313 e. The molecule has 2 heterocycles. The van der Waals surface area contributed by atoms with E-state index in [2.05, 4.69) is 60.2 Å². The highest BCUT2D eigenvalue weighted by molar-refractivity contribution is 9.10. The molecule has 0 aliphatic carbocycles. The summed E-state index contributed by atoms with van der Waals surface area (Å²) in [6.07, 6.45) is 6.56. The van der Waals surface area contributed by atoms with Gasteiger partial charge in [0.1, 0.15) is 0 Å². The monoisotopic (exact) mass is 372 g/mol. The summed E-state index contributed by atoms with van der Waals surface area (Å²) in [7, 11) is 0. The molecule has 0 atom stereocenters. The number of hydrogen-bond acceptors (Lipinski definition) is 3. The normalized spacial score (nSPS) is 10.8. The molecule has 0 saturated heterocycles. The van der Waals surface area contributed by atoms with Crippen LogP contribution >= 0.6 is 31.9 Å². The average molecular weight is 374 g/mol. The second kappa shape index (κ2) is 6.45. The molecule has 2 aromatic heterocycles. The van der Waals surface area contributed by atoms with Gasteiger partial charge < -0.3 is 5.32 Å². The summed E-state index contributed by atoms with van der Waals surface area (Å²) in [6, 6.07) is 2.07. The van der Waals surface area contributed by atoms with Gasteiger partial charge in [-0.2, -0.15) is 5.10 Å². The van der Waals surface area contributed by atoms with Gasteiger partial charge in [0.15, 0.2) is 5.82 Å². The SMILES string of the molecule is CCCNCc1cc(Br)cnc1-n1cc(Br)cn1. The van der Waals surface area contributed by atoms with Crippen LogP contribution in [0.15, 0.2) is 33.6 Å². The lowest BCUT2D eigenvalue weighted by Crippen LogP contribution is -2.16. The fourth-order valence-corrected chi connectivity index (χ4v) is 2.29. The lowest BCUT2D eigenvalue weighted by molar-refractivity contribution is 0.666. The highest BCUT2D eigenvalue weighted by Gasteiger charge is 2.08. The minimum absolute atomic E-state index is 0.785. The van der Waals surface area contributed by atoms with Crippen LogP contribution in [0, 0.1) is 0 Å². The highest BCUT2D eigenvalue weighted by atomic mass is 79.9. The third kappa shape index (κ3) is 3.40. The summed E-state index contributed by atoms with van der Waals surface area (Å²) >= 11 is 6.85. The fraction of sp³-hybridized carbons (Fsp3) is 0.333. The zero-order valence-corrected chi connectivity index (χ0v) is 13.2. The van der Waals surface area contributed by atoms with Gasteiger partial charge in [-0.05, 0) is 50.9 Å². The lowest BCUT2D eigenvalue weighted by atomic mass is 10.2. The molecule has 0 bridgehead atoms. The molecule has 1 N–H and O–H groups in total. The van der Waals surface area contributed by atoms with Crippen molar-refractivity contribution in [2.75, 3.05) is 6.54 Å². The maximum absolute atomic E-state index is 4.43. The molecule has 0 aromatic carbocycles. The molecule has 2 aromatic rings. The van der Waals surface area contributed by atoms with Crippen molar-refractivity contribution in [2.24, 2.45) is 0 Å². The van der Waals surface area contributed by atoms with Crippen molar-refractivity contribution in [3.63, 3.8) is 0 Å². The smallest absolute Gasteiger partial charge is 0.157 e. The Morgan fingerprint density at radius 1 is 1.28 bits per heavy atom. The van der Waals surface area contributed by atoms with E-state index in [4.69, 9.17) is 0 Å².